The lowest BCUT2D eigenvalue weighted by Gasteiger charge is -2.19. The zero-order valence-corrected chi connectivity index (χ0v) is 19.3. The summed E-state index contributed by atoms with van der Waals surface area (Å²) in [7, 11) is 1.80. The van der Waals surface area contributed by atoms with E-state index in [-0.39, 0.29) is 17.0 Å². The van der Waals surface area contributed by atoms with Gasteiger partial charge in [0.2, 0.25) is 0 Å². The number of rotatable bonds is 7. The van der Waals surface area contributed by atoms with Crippen molar-refractivity contribution in [1.82, 2.24) is 14.9 Å². The standard InChI is InChI=1S/C27H25ClFN3O/c1-3-10-23(18-11-6-4-7-12-18)30-27(33)25-24(20-15-16-21(28)22(29)17-20)31-26(32(25)2)19-13-8-5-9-14-19/h4-9,11-17,23H,3,10H2,1-2H3,(H,30,33). The molecule has 0 aliphatic heterocycles. The maximum absolute atomic E-state index is 14.3. The molecule has 0 fully saturated rings. The molecule has 0 aliphatic rings. The summed E-state index contributed by atoms with van der Waals surface area (Å²) < 4.78 is 16.1. The first-order valence-corrected chi connectivity index (χ1v) is 11.3. The lowest BCUT2D eigenvalue weighted by molar-refractivity contribution is 0.0927. The molecule has 1 atom stereocenters. The van der Waals surface area contributed by atoms with Crippen LogP contribution in [0.1, 0.15) is 41.9 Å². The van der Waals surface area contributed by atoms with Gasteiger partial charge in [-0.25, -0.2) is 9.37 Å². The van der Waals surface area contributed by atoms with Crippen LogP contribution >= 0.6 is 11.6 Å². The molecule has 33 heavy (non-hydrogen) atoms. The number of carbonyl (C=O) groups excluding carboxylic acids is 1. The summed E-state index contributed by atoms with van der Waals surface area (Å²) in [6, 6.07) is 23.8. The van der Waals surface area contributed by atoms with Gasteiger partial charge in [0, 0.05) is 18.2 Å². The highest BCUT2D eigenvalue weighted by atomic mass is 35.5. The highest BCUT2D eigenvalue weighted by Gasteiger charge is 2.25. The third-order valence-electron chi connectivity index (χ3n) is 5.62. The number of amides is 1. The molecule has 1 N–H and O–H groups in total. The van der Waals surface area contributed by atoms with Crippen LogP contribution in [0.4, 0.5) is 4.39 Å². The molecular formula is C27H25ClFN3O. The summed E-state index contributed by atoms with van der Waals surface area (Å²) in [6.07, 6.45) is 1.71. The SMILES string of the molecule is CCCC(NC(=O)c1c(-c2ccc(Cl)c(F)c2)nc(-c2ccccc2)n1C)c1ccccc1. The van der Waals surface area contributed by atoms with Gasteiger partial charge in [-0.2, -0.15) is 0 Å². The molecule has 4 rings (SSSR count). The van der Waals surface area contributed by atoms with E-state index in [9.17, 15) is 9.18 Å². The number of hydrogen-bond acceptors (Lipinski definition) is 2. The average molecular weight is 462 g/mol. The van der Waals surface area contributed by atoms with Gasteiger partial charge >= 0.3 is 0 Å². The van der Waals surface area contributed by atoms with Gasteiger partial charge in [0.25, 0.3) is 5.91 Å². The fraction of sp³-hybridized carbons (Fsp3) is 0.185. The van der Waals surface area contributed by atoms with E-state index in [0.29, 0.717) is 22.8 Å². The molecule has 1 amide bonds. The molecular weight excluding hydrogens is 437 g/mol. The van der Waals surface area contributed by atoms with Crippen LogP contribution < -0.4 is 5.32 Å². The monoisotopic (exact) mass is 461 g/mol. The Morgan fingerprint density at radius 3 is 2.33 bits per heavy atom. The lowest BCUT2D eigenvalue weighted by atomic mass is 10.0. The largest absolute Gasteiger partial charge is 0.344 e. The first-order chi connectivity index (χ1) is 16.0. The third kappa shape index (κ3) is 4.83. The van der Waals surface area contributed by atoms with Gasteiger partial charge < -0.3 is 9.88 Å². The first kappa shape index (κ1) is 22.7. The van der Waals surface area contributed by atoms with Gasteiger partial charge in [0.15, 0.2) is 0 Å². The van der Waals surface area contributed by atoms with Gasteiger partial charge in [0.1, 0.15) is 23.0 Å². The van der Waals surface area contributed by atoms with Gasteiger partial charge in [0.05, 0.1) is 11.1 Å². The molecule has 4 nitrogen and oxygen atoms in total. The van der Waals surface area contributed by atoms with Crippen LogP contribution in [0.5, 0.6) is 0 Å². The molecule has 0 aliphatic carbocycles. The maximum Gasteiger partial charge on any atom is 0.270 e. The zero-order chi connectivity index (χ0) is 23.4. The van der Waals surface area contributed by atoms with Crippen LogP contribution in [0.25, 0.3) is 22.6 Å². The summed E-state index contributed by atoms with van der Waals surface area (Å²) in [6.45, 7) is 2.08. The van der Waals surface area contributed by atoms with Gasteiger partial charge in [-0.3, -0.25) is 4.79 Å². The summed E-state index contributed by atoms with van der Waals surface area (Å²) in [4.78, 5) is 18.4. The Kier molecular flexibility index (Phi) is 6.90. The summed E-state index contributed by atoms with van der Waals surface area (Å²) in [5, 5.41) is 3.20. The topological polar surface area (TPSA) is 46.9 Å². The van der Waals surface area contributed by atoms with Crippen molar-refractivity contribution in [3.63, 3.8) is 0 Å². The van der Waals surface area contributed by atoms with E-state index in [1.54, 1.807) is 17.7 Å². The van der Waals surface area contributed by atoms with Crippen LogP contribution in [-0.4, -0.2) is 15.5 Å². The molecule has 0 saturated heterocycles. The quantitative estimate of drug-likeness (QED) is 0.328. The fourth-order valence-electron chi connectivity index (χ4n) is 3.97. The van der Waals surface area contributed by atoms with Crippen molar-refractivity contribution in [3.05, 3.63) is 101 Å². The minimum absolute atomic E-state index is 0.0241. The van der Waals surface area contributed by atoms with E-state index >= 15 is 0 Å². The minimum atomic E-state index is -0.555. The van der Waals surface area contributed by atoms with Crippen LogP contribution in [0.2, 0.25) is 5.02 Å². The Bertz CT molecular complexity index is 1260. The molecule has 6 heteroatoms. The van der Waals surface area contributed by atoms with E-state index in [2.05, 4.69) is 12.2 Å². The number of aromatic nitrogens is 2. The van der Waals surface area contributed by atoms with Crippen LogP contribution in [0.15, 0.2) is 78.9 Å². The van der Waals surface area contributed by atoms with Crippen LogP contribution in [0.3, 0.4) is 0 Å². The van der Waals surface area contributed by atoms with Crippen molar-refractivity contribution >= 4 is 17.5 Å². The second kappa shape index (κ2) is 10.0. The number of nitrogens with zero attached hydrogens (tertiary/aromatic N) is 2. The normalized spacial score (nSPS) is 11.9. The first-order valence-electron chi connectivity index (χ1n) is 10.9. The van der Waals surface area contributed by atoms with Crippen molar-refractivity contribution in [3.8, 4) is 22.6 Å². The highest BCUT2D eigenvalue weighted by molar-refractivity contribution is 6.30. The van der Waals surface area contributed by atoms with Crippen LogP contribution in [-0.2, 0) is 7.05 Å². The fourth-order valence-corrected chi connectivity index (χ4v) is 4.09. The maximum atomic E-state index is 14.3. The molecule has 168 valence electrons. The smallest absolute Gasteiger partial charge is 0.270 e. The molecule has 0 radical (unpaired) electrons. The summed E-state index contributed by atoms with van der Waals surface area (Å²) >= 11 is 5.89. The van der Waals surface area contributed by atoms with E-state index in [4.69, 9.17) is 16.6 Å². The van der Waals surface area contributed by atoms with Crippen molar-refractivity contribution in [2.24, 2.45) is 7.05 Å². The Labute approximate surface area is 198 Å². The molecule has 0 spiro atoms. The minimum Gasteiger partial charge on any atom is -0.344 e. The van der Waals surface area contributed by atoms with Crippen molar-refractivity contribution < 1.29 is 9.18 Å². The molecule has 0 saturated carbocycles. The van der Waals surface area contributed by atoms with Gasteiger partial charge in [-0.15, -0.1) is 0 Å². The van der Waals surface area contributed by atoms with E-state index in [0.717, 1.165) is 24.0 Å². The van der Waals surface area contributed by atoms with Crippen molar-refractivity contribution in [2.45, 2.75) is 25.8 Å². The Morgan fingerprint density at radius 1 is 1.03 bits per heavy atom. The Hall–Kier alpha value is -3.44. The molecule has 4 aromatic rings. The summed E-state index contributed by atoms with van der Waals surface area (Å²) in [5.74, 6) is -0.196. The predicted molar refractivity (Wildman–Crippen MR) is 131 cm³/mol. The zero-order valence-electron chi connectivity index (χ0n) is 18.6. The molecule has 3 aromatic carbocycles. The lowest BCUT2D eigenvalue weighted by Crippen LogP contribution is -2.30. The third-order valence-corrected chi connectivity index (χ3v) is 5.93. The molecule has 1 unspecified atom stereocenters. The Morgan fingerprint density at radius 2 is 1.70 bits per heavy atom. The Balaban J connectivity index is 1.80. The second-order valence-corrected chi connectivity index (χ2v) is 8.32. The number of carbonyl (C=O) groups is 1. The van der Waals surface area contributed by atoms with E-state index in [1.807, 2.05) is 60.7 Å². The number of nitrogens with one attached hydrogen (secondary N) is 1. The number of halogens is 2. The van der Waals surface area contributed by atoms with Gasteiger partial charge in [-0.05, 0) is 24.1 Å². The molecule has 1 heterocycles. The number of hydrogen-bond donors (Lipinski definition) is 1. The highest BCUT2D eigenvalue weighted by Crippen LogP contribution is 2.31. The van der Waals surface area contributed by atoms with Crippen molar-refractivity contribution in [2.75, 3.05) is 0 Å². The number of benzene rings is 3. The average Bonchev–Trinajstić information content (AvgIpc) is 3.19. The second-order valence-electron chi connectivity index (χ2n) is 7.91. The summed E-state index contributed by atoms with van der Waals surface area (Å²) in [5.41, 5.74) is 3.17. The van der Waals surface area contributed by atoms with E-state index in [1.165, 1.54) is 12.1 Å². The van der Waals surface area contributed by atoms with Crippen molar-refractivity contribution in [1.29, 1.82) is 0 Å². The predicted octanol–water partition coefficient (Wildman–Crippen LogP) is 6.82. The molecule has 0 bridgehead atoms. The molecule has 1 aromatic heterocycles. The number of imidazole rings is 1. The van der Waals surface area contributed by atoms with E-state index < -0.39 is 5.82 Å². The van der Waals surface area contributed by atoms with Crippen LogP contribution in [0, 0.1) is 5.82 Å². The van der Waals surface area contributed by atoms with Gasteiger partial charge in [-0.1, -0.05) is 91.7 Å².